The zero-order chi connectivity index (χ0) is 8.27. The predicted octanol–water partition coefficient (Wildman–Crippen LogP) is 2.25. The summed E-state index contributed by atoms with van der Waals surface area (Å²) in [6.07, 6.45) is 0. The van der Waals surface area contributed by atoms with Crippen LogP contribution in [0, 0.1) is 23.7 Å². The summed E-state index contributed by atoms with van der Waals surface area (Å²) in [4.78, 5) is 2.91. The van der Waals surface area contributed by atoms with Gasteiger partial charge in [0.1, 0.15) is 5.82 Å². The second-order valence-electron chi connectivity index (χ2n) is 1.89. The molecule has 0 spiro atoms. The Hall–Kier alpha value is -1.87. The smallest absolute Gasteiger partial charge is 0.222 e. The maximum atomic E-state index is 12.7. The van der Waals surface area contributed by atoms with Crippen LogP contribution in [0.2, 0.25) is 0 Å². The highest BCUT2D eigenvalue weighted by Crippen LogP contribution is 2.17. The zero-order valence-corrected chi connectivity index (χ0v) is 5.50. The van der Waals surface area contributed by atoms with Gasteiger partial charge in [0.15, 0.2) is 0 Å². The first kappa shape index (κ1) is 7.24. The first-order valence-electron chi connectivity index (χ1n) is 2.85. The minimum atomic E-state index is -0.640. The lowest BCUT2D eigenvalue weighted by Crippen LogP contribution is -1.77. The van der Waals surface area contributed by atoms with Crippen LogP contribution in [0.3, 0.4) is 0 Å². The molecule has 0 radical (unpaired) electrons. The molecule has 1 rings (SSSR count). The van der Waals surface area contributed by atoms with Crippen LogP contribution in [0.25, 0.3) is 4.85 Å². The third-order valence-electron chi connectivity index (χ3n) is 1.20. The molecule has 0 aromatic heterocycles. The van der Waals surface area contributed by atoms with Crippen molar-refractivity contribution in [2.75, 3.05) is 0 Å². The third-order valence-corrected chi connectivity index (χ3v) is 1.20. The molecule has 52 valence electrons. The summed E-state index contributed by atoms with van der Waals surface area (Å²) in [7, 11) is 0. The Morgan fingerprint density at radius 3 is 2.73 bits per heavy atom. The molecule has 0 saturated carbocycles. The van der Waals surface area contributed by atoms with Gasteiger partial charge in [-0.3, -0.25) is 0 Å². The van der Waals surface area contributed by atoms with E-state index in [2.05, 4.69) is 4.85 Å². The van der Waals surface area contributed by atoms with Gasteiger partial charge in [0.2, 0.25) is 5.69 Å². The van der Waals surface area contributed by atoms with Gasteiger partial charge in [-0.15, -0.1) is 0 Å². The summed E-state index contributed by atoms with van der Waals surface area (Å²) in [5.74, 6) is -0.640. The summed E-state index contributed by atoms with van der Waals surface area (Å²) in [5.41, 5.74) is 0.180. The first-order chi connectivity index (χ1) is 5.27. The highest BCUT2D eigenvalue weighted by molar-refractivity contribution is 5.49. The average Bonchev–Trinajstić information content (AvgIpc) is 2.04. The number of benzene rings is 1. The monoisotopic (exact) mass is 146 g/mol. The summed E-state index contributed by atoms with van der Waals surface area (Å²) in [6, 6.07) is 5.53. The summed E-state index contributed by atoms with van der Waals surface area (Å²) >= 11 is 0. The summed E-state index contributed by atoms with van der Waals surface area (Å²) < 4.78 is 12.7. The van der Waals surface area contributed by atoms with Crippen LogP contribution in [-0.4, -0.2) is 0 Å². The van der Waals surface area contributed by atoms with E-state index in [1.54, 1.807) is 6.07 Å². The molecule has 0 aliphatic carbocycles. The highest BCUT2D eigenvalue weighted by Gasteiger charge is 2.00. The van der Waals surface area contributed by atoms with E-state index >= 15 is 0 Å². The number of nitriles is 1. The van der Waals surface area contributed by atoms with E-state index in [9.17, 15) is 4.39 Å². The van der Waals surface area contributed by atoms with E-state index in [0.717, 1.165) is 6.07 Å². The molecule has 0 amide bonds. The topological polar surface area (TPSA) is 28.1 Å². The molecule has 0 heterocycles. The summed E-state index contributed by atoms with van der Waals surface area (Å²) in [6.45, 7) is 6.51. The molecular weight excluding hydrogens is 143 g/mol. The molecule has 1 aromatic rings. The second kappa shape index (κ2) is 2.81. The quantitative estimate of drug-likeness (QED) is 0.516. The molecular formula is C8H3FN2. The van der Waals surface area contributed by atoms with Crippen molar-refractivity contribution in [3.05, 3.63) is 41.0 Å². The van der Waals surface area contributed by atoms with Crippen LogP contribution in [0.15, 0.2) is 18.2 Å². The van der Waals surface area contributed by atoms with Crippen molar-refractivity contribution in [1.29, 1.82) is 5.26 Å². The van der Waals surface area contributed by atoms with Crippen LogP contribution in [-0.2, 0) is 0 Å². The molecule has 11 heavy (non-hydrogen) atoms. The average molecular weight is 146 g/mol. The van der Waals surface area contributed by atoms with Crippen molar-refractivity contribution in [3.63, 3.8) is 0 Å². The number of nitrogens with zero attached hydrogens (tertiary/aromatic N) is 2. The minimum absolute atomic E-state index is 0.0519. The molecule has 2 nitrogen and oxygen atoms in total. The zero-order valence-electron chi connectivity index (χ0n) is 5.50. The van der Waals surface area contributed by atoms with E-state index in [0.29, 0.717) is 0 Å². The number of hydrogen-bond acceptors (Lipinski definition) is 1. The van der Waals surface area contributed by atoms with Crippen molar-refractivity contribution in [3.8, 4) is 6.07 Å². The van der Waals surface area contributed by atoms with Gasteiger partial charge < -0.3 is 0 Å². The SMILES string of the molecule is [C-]#[N+]c1ccc(C#N)cc1F. The maximum absolute atomic E-state index is 12.7. The maximum Gasteiger partial charge on any atom is 0.222 e. The molecule has 0 atom stereocenters. The number of rotatable bonds is 0. The first-order valence-corrected chi connectivity index (χ1v) is 2.85. The minimum Gasteiger partial charge on any atom is -0.235 e. The molecule has 0 aliphatic heterocycles. The molecule has 1 aromatic carbocycles. The van der Waals surface area contributed by atoms with Gasteiger partial charge in [-0.05, 0) is 6.07 Å². The van der Waals surface area contributed by atoms with E-state index in [-0.39, 0.29) is 11.3 Å². The van der Waals surface area contributed by atoms with Gasteiger partial charge in [-0.1, -0.05) is 12.1 Å². The molecule has 0 saturated heterocycles. The Labute approximate surface area is 63.3 Å². The van der Waals surface area contributed by atoms with Gasteiger partial charge in [0.05, 0.1) is 18.2 Å². The Kier molecular flexibility index (Phi) is 1.85. The molecule has 0 N–H and O–H groups in total. The normalized spacial score (nSPS) is 8.27. The third kappa shape index (κ3) is 1.33. The van der Waals surface area contributed by atoms with Gasteiger partial charge in [0, 0.05) is 0 Å². The van der Waals surface area contributed by atoms with Crippen LogP contribution in [0.5, 0.6) is 0 Å². The van der Waals surface area contributed by atoms with E-state index < -0.39 is 5.82 Å². The second-order valence-corrected chi connectivity index (χ2v) is 1.89. The van der Waals surface area contributed by atoms with E-state index in [1.807, 2.05) is 0 Å². The highest BCUT2D eigenvalue weighted by atomic mass is 19.1. The van der Waals surface area contributed by atoms with Crippen molar-refractivity contribution >= 4 is 5.69 Å². The summed E-state index contributed by atoms with van der Waals surface area (Å²) in [5, 5.41) is 8.33. The van der Waals surface area contributed by atoms with Crippen molar-refractivity contribution < 1.29 is 4.39 Å². The van der Waals surface area contributed by atoms with Gasteiger partial charge in [0.25, 0.3) is 0 Å². The lowest BCUT2D eigenvalue weighted by molar-refractivity contribution is 0.633. The van der Waals surface area contributed by atoms with Crippen molar-refractivity contribution in [2.24, 2.45) is 0 Å². The van der Waals surface area contributed by atoms with Crippen LogP contribution in [0.4, 0.5) is 10.1 Å². The number of halogens is 1. The van der Waals surface area contributed by atoms with Crippen molar-refractivity contribution in [2.45, 2.75) is 0 Å². The fourth-order valence-corrected chi connectivity index (χ4v) is 0.667. The van der Waals surface area contributed by atoms with Crippen LogP contribution >= 0.6 is 0 Å². The predicted molar refractivity (Wildman–Crippen MR) is 37.4 cm³/mol. The fraction of sp³-hybridized carbons (Fsp3) is 0. The molecule has 0 aliphatic rings. The van der Waals surface area contributed by atoms with Crippen LogP contribution in [0.1, 0.15) is 5.56 Å². The Morgan fingerprint density at radius 1 is 1.55 bits per heavy atom. The molecule has 0 fully saturated rings. The standard InChI is InChI=1S/C8H3FN2/c1-11-8-3-2-6(5-10)4-7(8)9/h2-4H. The van der Waals surface area contributed by atoms with E-state index in [1.165, 1.54) is 12.1 Å². The Balaban J connectivity index is 3.25. The Bertz CT molecular complexity index is 357. The fourth-order valence-electron chi connectivity index (χ4n) is 0.667. The van der Waals surface area contributed by atoms with Crippen molar-refractivity contribution in [1.82, 2.24) is 0 Å². The lowest BCUT2D eigenvalue weighted by Gasteiger charge is -1.91. The largest absolute Gasteiger partial charge is 0.235 e. The van der Waals surface area contributed by atoms with E-state index in [4.69, 9.17) is 11.8 Å². The lowest BCUT2D eigenvalue weighted by atomic mass is 10.2. The molecule has 0 unspecified atom stereocenters. The number of hydrogen-bond donors (Lipinski definition) is 0. The van der Waals surface area contributed by atoms with Gasteiger partial charge >= 0.3 is 0 Å². The molecule has 0 bridgehead atoms. The van der Waals surface area contributed by atoms with Gasteiger partial charge in [-0.25, -0.2) is 9.24 Å². The van der Waals surface area contributed by atoms with Gasteiger partial charge in [-0.2, -0.15) is 5.26 Å². The molecule has 3 heteroatoms. The van der Waals surface area contributed by atoms with Crippen LogP contribution < -0.4 is 0 Å². The Morgan fingerprint density at radius 2 is 2.27 bits per heavy atom.